The van der Waals surface area contributed by atoms with E-state index in [0.29, 0.717) is 17.2 Å². The summed E-state index contributed by atoms with van der Waals surface area (Å²) in [6, 6.07) is 8.94. The second-order valence-electron chi connectivity index (χ2n) is 5.74. The first kappa shape index (κ1) is 18.5. The van der Waals surface area contributed by atoms with E-state index in [1.807, 2.05) is 0 Å². The Morgan fingerprint density at radius 2 is 1.92 bits per heavy atom. The van der Waals surface area contributed by atoms with Gasteiger partial charge in [0.05, 0.1) is 11.6 Å². The summed E-state index contributed by atoms with van der Waals surface area (Å²) in [6.07, 6.45) is 0.402. The van der Waals surface area contributed by atoms with Crippen molar-refractivity contribution in [3.8, 4) is 5.75 Å². The van der Waals surface area contributed by atoms with Gasteiger partial charge in [0, 0.05) is 10.0 Å². The number of carbonyl (C=O) groups excluding carboxylic acids is 2. The van der Waals surface area contributed by atoms with Crippen LogP contribution in [0, 0.1) is 11.7 Å². The quantitative estimate of drug-likeness (QED) is 0.795. The molecule has 0 aromatic heterocycles. The number of rotatable bonds is 4. The van der Waals surface area contributed by atoms with E-state index in [0.717, 1.165) is 11.6 Å². The molecule has 1 aliphatic rings. The van der Waals surface area contributed by atoms with Crippen LogP contribution in [0.15, 0.2) is 36.4 Å². The normalized spacial score (nSPS) is 15.6. The standard InChI is InChI=1S/C18H14Cl2FNO4/c19-12-2-4-16-10(6-12)5-11(8-25-16)18(24)26-9-17(23)22-15-7-13(20)1-3-14(15)21/h1-4,6-7,11H,5,8-9H2,(H,22,23)/t11-/m0/s1. The van der Waals surface area contributed by atoms with Crippen LogP contribution >= 0.6 is 23.2 Å². The smallest absolute Gasteiger partial charge is 0.313 e. The number of benzene rings is 2. The highest BCUT2D eigenvalue weighted by atomic mass is 35.5. The van der Waals surface area contributed by atoms with Crippen molar-refractivity contribution < 1.29 is 23.5 Å². The fourth-order valence-electron chi connectivity index (χ4n) is 2.55. The number of hydrogen-bond acceptors (Lipinski definition) is 4. The van der Waals surface area contributed by atoms with Crippen LogP contribution in [0.4, 0.5) is 10.1 Å². The number of nitrogens with one attached hydrogen (secondary N) is 1. The molecule has 1 N–H and O–H groups in total. The van der Waals surface area contributed by atoms with Crippen molar-refractivity contribution in [1.82, 2.24) is 0 Å². The second kappa shape index (κ2) is 7.93. The number of esters is 1. The summed E-state index contributed by atoms with van der Waals surface area (Å²) in [6.45, 7) is -0.387. The van der Waals surface area contributed by atoms with E-state index in [9.17, 15) is 14.0 Å². The molecule has 0 aliphatic carbocycles. The molecule has 26 heavy (non-hydrogen) atoms. The van der Waals surface area contributed by atoms with Gasteiger partial charge in [0.2, 0.25) is 0 Å². The third kappa shape index (κ3) is 4.45. The van der Waals surface area contributed by atoms with Crippen molar-refractivity contribution in [3.05, 3.63) is 57.8 Å². The highest BCUT2D eigenvalue weighted by Crippen LogP contribution is 2.30. The lowest BCUT2D eigenvalue weighted by atomic mass is 9.97. The molecule has 1 atom stereocenters. The fourth-order valence-corrected chi connectivity index (χ4v) is 2.92. The number of hydrogen-bond donors (Lipinski definition) is 1. The predicted octanol–water partition coefficient (Wildman–Crippen LogP) is 3.87. The van der Waals surface area contributed by atoms with Crippen LogP contribution in [0.2, 0.25) is 10.0 Å². The highest BCUT2D eigenvalue weighted by Gasteiger charge is 2.28. The average Bonchev–Trinajstić information content (AvgIpc) is 2.62. The topological polar surface area (TPSA) is 64.6 Å². The van der Waals surface area contributed by atoms with Crippen molar-refractivity contribution in [3.63, 3.8) is 0 Å². The molecule has 5 nitrogen and oxygen atoms in total. The summed E-state index contributed by atoms with van der Waals surface area (Å²) in [5.41, 5.74) is 0.722. The second-order valence-corrected chi connectivity index (χ2v) is 6.62. The molecular formula is C18H14Cl2FNO4. The lowest BCUT2D eigenvalue weighted by molar-refractivity contribution is -0.152. The van der Waals surface area contributed by atoms with Gasteiger partial charge in [-0.1, -0.05) is 23.2 Å². The van der Waals surface area contributed by atoms with Crippen molar-refractivity contribution >= 4 is 40.8 Å². The maximum atomic E-state index is 13.6. The lowest BCUT2D eigenvalue weighted by Gasteiger charge is -2.24. The summed E-state index contributed by atoms with van der Waals surface area (Å²) in [4.78, 5) is 24.0. The summed E-state index contributed by atoms with van der Waals surface area (Å²) in [7, 11) is 0. The maximum Gasteiger partial charge on any atom is 0.313 e. The van der Waals surface area contributed by atoms with Crippen molar-refractivity contribution in [2.75, 3.05) is 18.5 Å². The Bertz CT molecular complexity index is 859. The first-order chi connectivity index (χ1) is 12.4. The molecule has 0 saturated carbocycles. The zero-order chi connectivity index (χ0) is 18.7. The third-order valence-electron chi connectivity index (χ3n) is 3.81. The number of fused-ring (bicyclic) bond motifs is 1. The Kier molecular flexibility index (Phi) is 5.64. The molecular weight excluding hydrogens is 384 g/mol. The van der Waals surface area contributed by atoms with Crippen molar-refractivity contribution in [2.45, 2.75) is 6.42 Å². The monoisotopic (exact) mass is 397 g/mol. The van der Waals surface area contributed by atoms with Crippen molar-refractivity contribution in [1.29, 1.82) is 0 Å². The Labute approximate surface area is 159 Å². The van der Waals surface area contributed by atoms with Crippen LogP contribution in [0.1, 0.15) is 5.56 Å². The van der Waals surface area contributed by atoms with Crippen LogP contribution in [0.3, 0.4) is 0 Å². The maximum absolute atomic E-state index is 13.6. The van der Waals surface area contributed by atoms with Gasteiger partial charge < -0.3 is 14.8 Å². The van der Waals surface area contributed by atoms with Crippen LogP contribution in [0.25, 0.3) is 0 Å². The number of ether oxygens (including phenoxy) is 2. The Hall–Kier alpha value is -2.31. The zero-order valence-electron chi connectivity index (χ0n) is 13.4. The molecule has 0 saturated heterocycles. The molecule has 3 rings (SSSR count). The van der Waals surface area contributed by atoms with Gasteiger partial charge in [0.15, 0.2) is 6.61 Å². The number of carbonyl (C=O) groups is 2. The molecule has 0 fully saturated rings. The van der Waals surface area contributed by atoms with Gasteiger partial charge in [-0.05, 0) is 48.4 Å². The van der Waals surface area contributed by atoms with E-state index >= 15 is 0 Å². The molecule has 2 aromatic rings. The minimum Gasteiger partial charge on any atom is -0.492 e. The number of anilines is 1. The largest absolute Gasteiger partial charge is 0.492 e. The van der Waals surface area contributed by atoms with Gasteiger partial charge in [-0.15, -0.1) is 0 Å². The first-order valence-electron chi connectivity index (χ1n) is 7.75. The van der Waals surface area contributed by atoms with E-state index < -0.39 is 30.2 Å². The van der Waals surface area contributed by atoms with Crippen LogP contribution in [0.5, 0.6) is 5.75 Å². The number of amides is 1. The summed E-state index contributed by atoms with van der Waals surface area (Å²) < 4.78 is 24.1. The Morgan fingerprint density at radius 1 is 1.19 bits per heavy atom. The minimum atomic E-state index is -0.667. The molecule has 136 valence electrons. The first-order valence-corrected chi connectivity index (χ1v) is 8.51. The summed E-state index contributed by atoms with van der Waals surface area (Å²) >= 11 is 11.7. The number of halogens is 3. The van der Waals surface area contributed by atoms with Crippen LogP contribution in [-0.4, -0.2) is 25.1 Å². The summed E-state index contributed by atoms with van der Waals surface area (Å²) in [5, 5.41) is 3.13. The molecule has 0 radical (unpaired) electrons. The molecule has 2 aromatic carbocycles. The minimum absolute atomic E-state index is 0.0804. The predicted molar refractivity (Wildman–Crippen MR) is 95.1 cm³/mol. The summed E-state index contributed by atoms with van der Waals surface area (Å²) in [5.74, 6) is -1.75. The highest BCUT2D eigenvalue weighted by molar-refractivity contribution is 6.31. The molecule has 0 unspecified atom stereocenters. The van der Waals surface area contributed by atoms with Gasteiger partial charge in [0.1, 0.15) is 18.2 Å². The van der Waals surface area contributed by atoms with E-state index in [1.165, 1.54) is 12.1 Å². The van der Waals surface area contributed by atoms with Gasteiger partial charge in [0.25, 0.3) is 5.91 Å². The van der Waals surface area contributed by atoms with Gasteiger partial charge in [-0.3, -0.25) is 9.59 Å². The molecule has 0 spiro atoms. The van der Waals surface area contributed by atoms with Gasteiger partial charge in [-0.2, -0.15) is 0 Å². The molecule has 1 aliphatic heterocycles. The SMILES string of the molecule is O=C(COC(=O)[C@@H]1COc2ccc(Cl)cc2C1)Nc1cc(Cl)ccc1F. The van der Waals surface area contributed by atoms with E-state index in [4.69, 9.17) is 32.7 Å². The Morgan fingerprint density at radius 3 is 2.73 bits per heavy atom. The Balaban J connectivity index is 1.54. The molecule has 8 heteroatoms. The van der Waals surface area contributed by atoms with Crippen molar-refractivity contribution in [2.24, 2.45) is 5.92 Å². The molecule has 0 bridgehead atoms. The zero-order valence-corrected chi connectivity index (χ0v) is 14.9. The van der Waals surface area contributed by atoms with Crippen LogP contribution in [-0.2, 0) is 20.7 Å². The third-order valence-corrected chi connectivity index (χ3v) is 4.28. The van der Waals surface area contributed by atoms with E-state index in [-0.39, 0.29) is 17.3 Å². The fraction of sp³-hybridized carbons (Fsp3) is 0.222. The molecule has 1 amide bonds. The average molecular weight is 398 g/mol. The van der Waals surface area contributed by atoms with Gasteiger partial charge in [-0.25, -0.2) is 4.39 Å². The van der Waals surface area contributed by atoms with E-state index in [1.54, 1.807) is 18.2 Å². The molecule has 1 heterocycles. The lowest BCUT2D eigenvalue weighted by Crippen LogP contribution is -2.32. The van der Waals surface area contributed by atoms with Crippen LogP contribution < -0.4 is 10.1 Å². The van der Waals surface area contributed by atoms with E-state index in [2.05, 4.69) is 5.32 Å². The van der Waals surface area contributed by atoms with Gasteiger partial charge >= 0.3 is 5.97 Å².